The average Bonchev–Trinajstić information content (AvgIpc) is 3.59. The number of urea groups is 1. The van der Waals surface area contributed by atoms with Gasteiger partial charge in [-0.15, -0.1) is 0 Å². The zero-order chi connectivity index (χ0) is 23.4. The Morgan fingerprint density at radius 3 is 2.30 bits per heavy atom. The van der Waals surface area contributed by atoms with Crippen molar-refractivity contribution in [2.24, 2.45) is 5.92 Å². The molecule has 1 aliphatic carbocycles. The predicted molar refractivity (Wildman–Crippen MR) is 114 cm³/mol. The zero-order valence-corrected chi connectivity index (χ0v) is 17.0. The molecule has 0 saturated heterocycles. The molecule has 1 aliphatic rings. The van der Waals surface area contributed by atoms with Crippen molar-refractivity contribution in [3.63, 3.8) is 0 Å². The maximum Gasteiger partial charge on any atom is 0.416 e. The Hall–Kier alpha value is -4.15. The third kappa shape index (κ3) is 6.19. The van der Waals surface area contributed by atoms with E-state index in [-0.39, 0.29) is 23.4 Å². The number of rotatable bonds is 6. The van der Waals surface area contributed by atoms with E-state index in [2.05, 4.69) is 25.9 Å². The number of anilines is 3. The fourth-order valence-electron chi connectivity index (χ4n) is 2.86. The highest BCUT2D eigenvalue weighted by molar-refractivity contribution is 5.99. The highest BCUT2D eigenvalue weighted by Crippen LogP contribution is 2.31. The van der Waals surface area contributed by atoms with Crippen molar-refractivity contribution in [3.05, 3.63) is 66.5 Å². The van der Waals surface area contributed by atoms with Gasteiger partial charge in [0.15, 0.2) is 0 Å². The summed E-state index contributed by atoms with van der Waals surface area (Å²) in [5, 5.41) is 7.59. The molecule has 3 aromatic rings. The molecule has 0 radical (unpaired) electrons. The second kappa shape index (κ2) is 9.15. The van der Waals surface area contributed by atoms with Gasteiger partial charge < -0.3 is 20.7 Å². The number of hydrogen-bond acceptors (Lipinski definition) is 5. The number of carbonyl (C=O) groups is 2. The van der Waals surface area contributed by atoms with E-state index in [1.165, 1.54) is 30.6 Å². The van der Waals surface area contributed by atoms with E-state index >= 15 is 0 Å². The van der Waals surface area contributed by atoms with Crippen LogP contribution in [0, 0.1) is 5.92 Å². The number of nitrogens with zero attached hydrogens (tertiary/aromatic N) is 2. The molecule has 1 fully saturated rings. The number of halogens is 3. The minimum atomic E-state index is -4.51. The zero-order valence-electron chi connectivity index (χ0n) is 17.0. The van der Waals surface area contributed by atoms with Crippen molar-refractivity contribution in [1.29, 1.82) is 0 Å². The molecule has 1 saturated carbocycles. The van der Waals surface area contributed by atoms with Crippen LogP contribution in [0.15, 0.2) is 60.9 Å². The standard InChI is InChI=1S/C22H18F3N5O3/c23-22(24,25)14-3-1-4-15(9-14)28-21(32)29-16-5-2-6-17(10-16)33-19-11-18(26-12-27-19)30-20(31)13-7-8-13/h1-6,9-13H,7-8H2,(H2,28,29,32)(H,26,27,30,31). The van der Waals surface area contributed by atoms with E-state index in [4.69, 9.17) is 4.74 Å². The number of alkyl halides is 3. The maximum atomic E-state index is 12.8. The Labute approximate surface area is 186 Å². The number of aromatic nitrogens is 2. The van der Waals surface area contributed by atoms with Crippen LogP contribution in [-0.4, -0.2) is 21.9 Å². The molecule has 0 aliphatic heterocycles. The minimum absolute atomic E-state index is 0.00325. The molecule has 11 heteroatoms. The van der Waals surface area contributed by atoms with E-state index in [1.807, 2.05) is 0 Å². The summed E-state index contributed by atoms with van der Waals surface area (Å²) in [5.41, 5.74) is -0.530. The van der Waals surface area contributed by atoms with E-state index in [0.29, 0.717) is 17.3 Å². The SMILES string of the molecule is O=C(Nc1cccc(Oc2cc(NC(=O)C3CC3)ncn2)c1)Nc1cccc(C(F)(F)F)c1. The summed E-state index contributed by atoms with van der Waals surface area (Å²) in [7, 11) is 0. The number of ether oxygens (including phenoxy) is 1. The molecule has 170 valence electrons. The molecular weight excluding hydrogens is 439 g/mol. The lowest BCUT2D eigenvalue weighted by Gasteiger charge is -2.12. The molecule has 1 heterocycles. The third-order valence-electron chi connectivity index (χ3n) is 4.60. The number of amides is 3. The normalized spacial score (nSPS) is 13.2. The summed E-state index contributed by atoms with van der Waals surface area (Å²) in [4.78, 5) is 32.1. The quantitative estimate of drug-likeness (QED) is 0.467. The second-order valence-corrected chi connectivity index (χ2v) is 7.29. The van der Waals surface area contributed by atoms with Crippen molar-refractivity contribution in [1.82, 2.24) is 9.97 Å². The van der Waals surface area contributed by atoms with Crippen LogP contribution < -0.4 is 20.7 Å². The summed E-state index contributed by atoms with van der Waals surface area (Å²) in [6.07, 6.45) is -1.54. The number of benzene rings is 2. The molecule has 0 unspecified atom stereocenters. The topological polar surface area (TPSA) is 105 Å². The van der Waals surface area contributed by atoms with E-state index in [0.717, 1.165) is 25.0 Å². The van der Waals surface area contributed by atoms with Crippen molar-refractivity contribution in [2.45, 2.75) is 19.0 Å². The molecule has 2 aromatic carbocycles. The van der Waals surface area contributed by atoms with Crippen LogP contribution in [0.25, 0.3) is 0 Å². The highest BCUT2D eigenvalue weighted by Gasteiger charge is 2.31. The second-order valence-electron chi connectivity index (χ2n) is 7.29. The van der Waals surface area contributed by atoms with Crippen LogP contribution in [0.5, 0.6) is 11.6 Å². The lowest BCUT2D eigenvalue weighted by atomic mass is 10.2. The maximum absolute atomic E-state index is 12.8. The van der Waals surface area contributed by atoms with Gasteiger partial charge in [-0.2, -0.15) is 13.2 Å². The van der Waals surface area contributed by atoms with Gasteiger partial charge in [-0.05, 0) is 43.2 Å². The fourth-order valence-corrected chi connectivity index (χ4v) is 2.86. The summed E-state index contributed by atoms with van der Waals surface area (Å²) in [6.45, 7) is 0. The number of carbonyl (C=O) groups excluding carboxylic acids is 2. The summed E-state index contributed by atoms with van der Waals surface area (Å²) in [6, 6.07) is 11.4. The average molecular weight is 457 g/mol. The molecular formula is C22H18F3N5O3. The van der Waals surface area contributed by atoms with Crippen LogP contribution in [-0.2, 0) is 11.0 Å². The predicted octanol–water partition coefficient (Wildman–Crippen LogP) is 5.28. The third-order valence-corrected chi connectivity index (χ3v) is 4.60. The van der Waals surface area contributed by atoms with Crippen LogP contribution in [0.2, 0.25) is 0 Å². The van der Waals surface area contributed by atoms with Gasteiger partial charge in [0.05, 0.1) is 5.56 Å². The van der Waals surface area contributed by atoms with Gasteiger partial charge >= 0.3 is 12.2 Å². The van der Waals surface area contributed by atoms with Gasteiger partial charge in [0.2, 0.25) is 11.8 Å². The van der Waals surface area contributed by atoms with Gasteiger partial charge in [0.1, 0.15) is 17.9 Å². The molecule has 1 aromatic heterocycles. The van der Waals surface area contributed by atoms with Gasteiger partial charge in [0.25, 0.3) is 0 Å². The molecule has 33 heavy (non-hydrogen) atoms. The first-order chi connectivity index (χ1) is 15.8. The largest absolute Gasteiger partial charge is 0.439 e. The van der Waals surface area contributed by atoms with Crippen LogP contribution in [0.4, 0.5) is 35.2 Å². The lowest BCUT2D eigenvalue weighted by molar-refractivity contribution is -0.137. The molecule has 0 spiro atoms. The van der Waals surface area contributed by atoms with Gasteiger partial charge in [-0.3, -0.25) is 4.79 Å². The molecule has 0 bridgehead atoms. The first kappa shape index (κ1) is 22.1. The van der Waals surface area contributed by atoms with E-state index in [9.17, 15) is 22.8 Å². The Morgan fingerprint density at radius 1 is 0.909 bits per heavy atom. The summed E-state index contributed by atoms with van der Waals surface area (Å²) >= 11 is 0. The Bertz CT molecular complexity index is 1180. The Kier molecular flexibility index (Phi) is 6.11. The van der Waals surface area contributed by atoms with Crippen molar-refractivity contribution in [2.75, 3.05) is 16.0 Å². The van der Waals surface area contributed by atoms with Crippen LogP contribution in [0.3, 0.4) is 0 Å². The van der Waals surface area contributed by atoms with Crippen molar-refractivity contribution in [3.8, 4) is 11.6 Å². The number of nitrogens with one attached hydrogen (secondary N) is 3. The lowest BCUT2D eigenvalue weighted by Crippen LogP contribution is -2.19. The first-order valence-electron chi connectivity index (χ1n) is 9.92. The highest BCUT2D eigenvalue weighted by atomic mass is 19.4. The Balaban J connectivity index is 1.38. The molecule has 3 amide bonds. The van der Waals surface area contributed by atoms with Gasteiger partial charge in [-0.25, -0.2) is 14.8 Å². The number of hydrogen-bond donors (Lipinski definition) is 3. The van der Waals surface area contributed by atoms with Gasteiger partial charge in [-0.1, -0.05) is 12.1 Å². The molecule has 3 N–H and O–H groups in total. The molecule has 4 rings (SSSR count). The Morgan fingerprint density at radius 2 is 1.61 bits per heavy atom. The van der Waals surface area contributed by atoms with E-state index in [1.54, 1.807) is 18.2 Å². The van der Waals surface area contributed by atoms with Crippen molar-refractivity contribution >= 4 is 29.1 Å². The summed E-state index contributed by atoms with van der Waals surface area (Å²) < 4.78 is 44.2. The molecule has 8 nitrogen and oxygen atoms in total. The van der Waals surface area contributed by atoms with E-state index < -0.39 is 17.8 Å². The van der Waals surface area contributed by atoms with Gasteiger partial charge in [0, 0.05) is 29.4 Å². The smallest absolute Gasteiger partial charge is 0.416 e. The first-order valence-corrected chi connectivity index (χ1v) is 9.92. The van der Waals surface area contributed by atoms with Crippen LogP contribution in [0.1, 0.15) is 18.4 Å². The molecule has 0 atom stereocenters. The summed E-state index contributed by atoms with van der Waals surface area (Å²) in [5.74, 6) is 0.755. The van der Waals surface area contributed by atoms with Crippen molar-refractivity contribution < 1.29 is 27.5 Å². The monoisotopic (exact) mass is 457 g/mol. The minimum Gasteiger partial charge on any atom is -0.439 e. The fraction of sp³-hybridized carbons (Fsp3) is 0.182. The van der Waals surface area contributed by atoms with Crippen LogP contribution >= 0.6 is 0 Å².